The van der Waals surface area contributed by atoms with Crippen molar-refractivity contribution < 1.29 is 4.74 Å². The summed E-state index contributed by atoms with van der Waals surface area (Å²) in [5.74, 6) is 6.84. The molecule has 3 rings (SSSR count). The van der Waals surface area contributed by atoms with Gasteiger partial charge in [0.1, 0.15) is 5.75 Å². The summed E-state index contributed by atoms with van der Waals surface area (Å²) in [5, 5.41) is 3.74. The molecule has 0 aromatic heterocycles. The summed E-state index contributed by atoms with van der Waals surface area (Å²) < 4.78 is 5.85. The molecule has 1 atom stereocenters. The molecule has 0 amide bonds. The van der Waals surface area contributed by atoms with Gasteiger partial charge in [0.05, 0.1) is 6.61 Å². The Bertz CT molecular complexity index is 405. The van der Waals surface area contributed by atoms with Gasteiger partial charge in [-0.15, -0.1) is 0 Å². The molecule has 1 saturated heterocycles. The van der Waals surface area contributed by atoms with Gasteiger partial charge < -0.3 is 10.1 Å². The van der Waals surface area contributed by atoms with E-state index in [1.54, 1.807) is 0 Å². The number of nitrogens with one attached hydrogen (secondary N) is 1. The van der Waals surface area contributed by atoms with Crippen molar-refractivity contribution in [1.82, 2.24) is 5.32 Å². The Morgan fingerprint density at radius 1 is 1.16 bits per heavy atom. The molecule has 19 heavy (non-hydrogen) atoms. The molecular formula is C15H21NOS2. The summed E-state index contributed by atoms with van der Waals surface area (Å²) in [4.78, 5) is 0. The number of fused-ring (bicyclic) bond motifs is 1. The van der Waals surface area contributed by atoms with E-state index in [0.717, 1.165) is 25.3 Å². The molecule has 4 heteroatoms. The second-order valence-corrected chi connectivity index (χ2v) is 7.54. The molecule has 0 unspecified atom stereocenters. The van der Waals surface area contributed by atoms with Gasteiger partial charge in [0.2, 0.25) is 0 Å². The van der Waals surface area contributed by atoms with Crippen molar-refractivity contribution in [2.45, 2.75) is 12.5 Å². The quantitative estimate of drug-likeness (QED) is 0.925. The fourth-order valence-corrected chi connectivity index (χ4v) is 5.06. The summed E-state index contributed by atoms with van der Waals surface area (Å²) in [6.45, 7) is 1.94. The third kappa shape index (κ3) is 3.83. The van der Waals surface area contributed by atoms with E-state index in [2.05, 4.69) is 53.1 Å². The van der Waals surface area contributed by atoms with Gasteiger partial charge in [0.25, 0.3) is 0 Å². The minimum Gasteiger partial charge on any atom is -0.493 e. The monoisotopic (exact) mass is 295 g/mol. The van der Waals surface area contributed by atoms with Crippen LogP contribution in [0.5, 0.6) is 5.75 Å². The number of ether oxygens (including phenoxy) is 1. The largest absolute Gasteiger partial charge is 0.493 e. The van der Waals surface area contributed by atoms with Gasteiger partial charge in [-0.2, -0.15) is 23.5 Å². The van der Waals surface area contributed by atoms with Crippen molar-refractivity contribution >= 4 is 23.5 Å². The summed E-state index contributed by atoms with van der Waals surface area (Å²) in [6, 6.07) is 9.11. The van der Waals surface area contributed by atoms with E-state index in [1.165, 1.54) is 28.6 Å². The normalized spacial score (nSPS) is 24.3. The fraction of sp³-hybridized carbons (Fsp3) is 0.600. The molecular weight excluding hydrogens is 274 g/mol. The van der Waals surface area contributed by atoms with Crippen LogP contribution in [0, 0.1) is 5.92 Å². The zero-order chi connectivity index (χ0) is 12.9. The van der Waals surface area contributed by atoms with Crippen molar-refractivity contribution in [3.05, 3.63) is 29.8 Å². The lowest BCUT2D eigenvalue weighted by molar-refractivity contribution is 0.216. The predicted molar refractivity (Wildman–Crippen MR) is 85.6 cm³/mol. The first-order chi connectivity index (χ1) is 9.42. The van der Waals surface area contributed by atoms with Gasteiger partial charge in [0, 0.05) is 41.5 Å². The van der Waals surface area contributed by atoms with Crippen molar-refractivity contribution in [1.29, 1.82) is 0 Å². The Kier molecular flexibility index (Phi) is 4.97. The van der Waals surface area contributed by atoms with Gasteiger partial charge in [0.15, 0.2) is 0 Å². The van der Waals surface area contributed by atoms with E-state index >= 15 is 0 Å². The average Bonchev–Trinajstić information content (AvgIpc) is 2.73. The number of benzene rings is 1. The summed E-state index contributed by atoms with van der Waals surface area (Å²) >= 11 is 4.17. The van der Waals surface area contributed by atoms with Crippen LogP contribution in [0.15, 0.2) is 24.3 Å². The summed E-state index contributed by atoms with van der Waals surface area (Å²) in [6.07, 6.45) is 1.15. The van der Waals surface area contributed by atoms with Crippen LogP contribution in [-0.4, -0.2) is 42.2 Å². The minimum atomic E-state index is 0.619. The molecule has 2 nitrogen and oxygen atoms in total. The van der Waals surface area contributed by atoms with Gasteiger partial charge in [-0.1, -0.05) is 18.2 Å². The van der Waals surface area contributed by atoms with Crippen LogP contribution >= 0.6 is 23.5 Å². The number of hydrogen-bond donors (Lipinski definition) is 1. The van der Waals surface area contributed by atoms with E-state index in [0.29, 0.717) is 12.0 Å². The lowest BCUT2D eigenvalue weighted by atomic mass is 9.96. The van der Waals surface area contributed by atoms with Crippen molar-refractivity contribution in [2.24, 2.45) is 5.92 Å². The molecule has 1 aromatic rings. The molecule has 2 aliphatic heterocycles. The number of para-hydroxylation sites is 1. The molecule has 0 radical (unpaired) electrons. The Balaban J connectivity index is 1.49. The molecule has 104 valence electrons. The van der Waals surface area contributed by atoms with Gasteiger partial charge in [-0.25, -0.2) is 0 Å². The average molecular weight is 295 g/mol. The van der Waals surface area contributed by atoms with Crippen LogP contribution in [0.2, 0.25) is 0 Å². The zero-order valence-electron chi connectivity index (χ0n) is 11.1. The lowest BCUT2D eigenvalue weighted by Crippen LogP contribution is -2.39. The minimum absolute atomic E-state index is 0.619. The Morgan fingerprint density at radius 2 is 1.95 bits per heavy atom. The highest BCUT2D eigenvalue weighted by molar-refractivity contribution is 8.03. The highest BCUT2D eigenvalue weighted by atomic mass is 32.2. The number of rotatable bonds is 3. The third-order valence-electron chi connectivity index (χ3n) is 3.66. The van der Waals surface area contributed by atoms with Crippen molar-refractivity contribution in [3.8, 4) is 5.75 Å². The van der Waals surface area contributed by atoms with Crippen LogP contribution in [0.3, 0.4) is 0 Å². The van der Waals surface area contributed by atoms with Crippen LogP contribution in [0.25, 0.3) is 0 Å². The van der Waals surface area contributed by atoms with Crippen LogP contribution < -0.4 is 10.1 Å². The van der Waals surface area contributed by atoms with E-state index in [1.807, 2.05) is 0 Å². The van der Waals surface area contributed by atoms with E-state index in [9.17, 15) is 0 Å². The van der Waals surface area contributed by atoms with Gasteiger partial charge in [-0.3, -0.25) is 0 Å². The maximum atomic E-state index is 5.85. The first-order valence-electron chi connectivity index (χ1n) is 7.01. The smallest absolute Gasteiger partial charge is 0.122 e. The lowest BCUT2D eigenvalue weighted by Gasteiger charge is -2.27. The standard InChI is InChI=1S/C15H21NOS2/c1-2-4-15-13(3-1)7-12(9-17-15)8-16-14-10-18-5-6-19-11-14/h1-4,12,14,16H,5-11H2/t12-/m1/s1. The zero-order valence-corrected chi connectivity index (χ0v) is 12.8. The predicted octanol–water partition coefficient (Wildman–Crippen LogP) is 2.68. The van der Waals surface area contributed by atoms with Gasteiger partial charge >= 0.3 is 0 Å². The second-order valence-electron chi connectivity index (χ2n) is 5.24. The van der Waals surface area contributed by atoms with Crippen molar-refractivity contribution in [3.63, 3.8) is 0 Å². The van der Waals surface area contributed by atoms with Crippen LogP contribution in [0.1, 0.15) is 5.56 Å². The second kappa shape index (κ2) is 6.91. The van der Waals surface area contributed by atoms with E-state index < -0.39 is 0 Å². The summed E-state index contributed by atoms with van der Waals surface area (Å²) in [5.41, 5.74) is 1.37. The Hall–Kier alpha value is -0.320. The molecule has 1 N–H and O–H groups in total. The Morgan fingerprint density at radius 3 is 2.79 bits per heavy atom. The topological polar surface area (TPSA) is 21.3 Å². The van der Waals surface area contributed by atoms with Crippen LogP contribution in [-0.2, 0) is 6.42 Å². The molecule has 2 heterocycles. The SMILES string of the molecule is c1ccc2c(c1)C[C@H](CNC1CSCCSC1)CO2. The molecule has 0 saturated carbocycles. The first kappa shape index (κ1) is 13.7. The molecule has 0 aliphatic carbocycles. The maximum absolute atomic E-state index is 5.85. The third-order valence-corrected chi connectivity index (χ3v) is 6.18. The highest BCUT2D eigenvalue weighted by Gasteiger charge is 2.21. The number of thioether (sulfide) groups is 2. The van der Waals surface area contributed by atoms with Gasteiger partial charge in [-0.05, 0) is 18.1 Å². The fourth-order valence-electron chi connectivity index (χ4n) is 2.59. The Labute approximate surface area is 124 Å². The molecule has 2 aliphatic rings. The first-order valence-corrected chi connectivity index (χ1v) is 9.32. The molecule has 0 bridgehead atoms. The van der Waals surface area contributed by atoms with Crippen molar-refractivity contribution in [2.75, 3.05) is 36.2 Å². The number of hydrogen-bond acceptors (Lipinski definition) is 4. The van der Waals surface area contributed by atoms with E-state index in [4.69, 9.17) is 4.74 Å². The molecule has 1 fully saturated rings. The molecule has 1 aromatic carbocycles. The van der Waals surface area contributed by atoms with E-state index in [-0.39, 0.29) is 0 Å². The van der Waals surface area contributed by atoms with Crippen LogP contribution in [0.4, 0.5) is 0 Å². The maximum Gasteiger partial charge on any atom is 0.122 e. The summed E-state index contributed by atoms with van der Waals surface area (Å²) in [7, 11) is 0. The highest BCUT2D eigenvalue weighted by Crippen LogP contribution is 2.26. The molecule has 0 spiro atoms.